The summed E-state index contributed by atoms with van der Waals surface area (Å²) in [4.78, 5) is 36.3. The van der Waals surface area contributed by atoms with Crippen LogP contribution in [0.4, 0.5) is 5.69 Å². The second-order valence-electron chi connectivity index (χ2n) is 12.5. The van der Waals surface area contributed by atoms with Crippen LogP contribution >= 0.6 is 0 Å². The van der Waals surface area contributed by atoms with Crippen LogP contribution in [-0.4, -0.2) is 50.4 Å². The number of ether oxygens (including phenoxy) is 1. The van der Waals surface area contributed by atoms with E-state index in [1.54, 1.807) is 13.8 Å². The van der Waals surface area contributed by atoms with E-state index in [4.69, 9.17) is 18.6 Å². The number of aromatic nitrogens is 2. The topological polar surface area (TPSA) is 172 Å². The van der Waals surface area contributed by atoms with Crippen molar-refractivity contribution >= 4 is 17.5 Å². The number of hydrogen-bond acceptors (Lipinski definition) is 10. The van der Waals surface area contributed by atoms with E-state index in [0.717, 1.165) is 22.4 Å². The first-order valence-corrected chi connectivity index (χ1v) is 15.1. The molecule has 2 amide bonds. The average Bonchev–Trinajstić information content (AvgIpc) is 3.79. The zero-order chi connectivity index (χ0) is 31.6. The van der Waals surface area contributed by atoms with Crippen molar-refractivity contribution in [1.82, 2.24) is 20.6 Å². The first-order chi connectivity index (χ1) is 21.6. The third-order valence-corrected chi connectivity index (χ3v) is 8.87. The minimum atomic E-state index is -1.28. The molecule has 234 valence electrons. The molecule has 1 unspecified atom stereocenters. The van der Waals surface area contributed by atoms with E-state index in [-0.39, 0.29) is 36.6 Å². The Kier molecular flexibility index (Phi) is 6.93. The predicted molar refractivity (Wildman–Crippen MR) is 161 cm³/mol. The SMILES string of the molecule is CC(C)[C@H](O)C(=O)N[C@H]1Cc2ccc3c(c2)[C@@]2(c4ccccc4NC2O3)c2oc(nc2-c2nc(CO)co2)[C@H](C(C)C)NC1=O. The summed E-state index contributed by atoms with van der Waals surface area (Å²) in [5.74, 6) is -0.166. The lowest BCUT2D eigenvalue weighted by molar-refractivity contribution is -0.135. The first-order valence-electron chi connectivity index (χ1n) is 15.1. The van der Waals surface area contributed by atoms with Gasteiger partial charge in [0.1, 0.15) is 41.3 Å². The van der Waals surface area contributed by atoms with Crippen LogP contribution in [0.15, 0.2) is 57.6 Å². The molecule has 0 aliphatic carbocycles. The highest BCUT2D eigenvalue weighted by Crippen LogP contribution is 2.59. The molecule has 1 spiro atoms. The Hall–Kier alpha value is -4.68. The summed E-state index contributed by atoms with van der Waals surface area (Å²) in [5.41, 5.74) is 2.93. The summed E-state index contributed by atoms with van der Waals surface area (Å²) >= 11 is 0. The maximum Gasteiger partial charge on any atom is 0.249 e. The first kappa shape index (κ1) is 29.1. The van der Waals surface area contributed by atoms with Crippen molar-refractivity contribution in [2.24, 2.45) is 11.8 Å². The van der Waals surface area contributed by atoms with E-state index < -0.39 is 41.6 Å². The molecule has 3 aliphatic rings. The normalized spacial score (nSPS) is 23.7. The highest BCUT2D eigenvalue weighted by Gasteiger charge is 2.61. The molecule has 0 radical (unpaired) electrons. The lowest BCUT2D eigenvalue weighted by atomic mass is 9.72. The lowest BCUT2D eigenvalue weighted by Crippen LogP contribution is -2.52. The number of fused-ring (bicyclic) bond motifs is 4. The smallest absolute Gasteiger partial charge is 0.249 e. The van der Waals surface area contributed by atoms with Crippen molar-refractivity contribution in [2.45, 2.75) is 70.6 Å². The summed E-state index contributed by atoms with van der Waals surface area (Å²) < 4.78 is 19.1. The van der Waals surface area contributed by atoms with E-state index in [1.807, 2.05) is 56.3 Å². The number of nitrogens with one attached hydrogen (secondary N) is 3. The number of aliphatic hydroxyl groups excluding tert-OH is 2. The number of oxazole rings is 2. The zero-order valence-electron chi connectivity index (χ0n) is 25.3. The van der Waals surface area contributed by atoms with Gasteiger partial charge < -0.3 is 39.7 Å². The average molecular weight is 614 g/mol. The Labute approximate surface area is 259 Å². The highest BCUT2D eigenvalue weighted by molar-refractivity contribution is 5.90. The van der Waals surface area contributed by atoms with Gasteiger partial charge in [-0.15, -0.1) is 0 Å². The van der Waals surface area contributed by atoms with Crippen molar-refractivity contribution in [1.29, 1.82) is 0 Å². The summed E-state index contributed by atoms with van der Waals surface area (Å²) in [6.45, 7) is 7.01. The fourth-order valence-corrected chi connectivity index (χ4v) is 6.50. The van der Waals surface area contributed by atoms with Crippen molar-refractivity contribution in [3.05, 3.63) is 82.8 Å². The number of aliphatic hydroxyl groups is 2. The monoisotopic (exact) mass is 613 g/mol. The maximum absolute atomic E-state index is 13.9. The number of hydrogen-bond donors (Lipinski definition) is 5. The molecule has 5 atom stereocenters. The highest BCUT2D eigenvalue weighted by atomic mass is 16.5. The second-order valence-corrected chi connectivity index (χ2v) is 12.5. The summed E-state index contributed by atoms with van der Waals surface area (Å²) in [6, 6.07) is 11.9. The van der Waals surface area contributed by atoms with E-state index in [9.17, 15) is 19.8 Å². The van der Waals surface area contributed by atoms with Gasteiger partial charge in [0.05, 0.1) is 6.61 Å². The molecule has 2 aromatic carbocycles. The van der Waals surface area contributed by atoms with Crippen molar-refractivity contribution < 1.29 is 33.4 Å². The zero-order valence-corrected chi connectivity index (χ0v) is 25.3. The summed E-state index contributed by atoms with van der Waals surface area (Å²) in [6.07, 6.45) is -0.358. The quantitative estimate of drug-likeness (QED) is 0.218. The summed E-state index contributed by atoms with van der Waals surface area (Å²) in [7, 11) is 0. The predicted octanol–water partition coefficient (Wildman–Crippen LogP) is 3.17. The van der Waals surface area contributed by atoms with Crippen molar-refractivity contribution in [3.8, 4) is 17.3 Å². The molecule has 12 nitrogen and oxygen atoms in total. The number of carbonyl (C=O) groups is 2. The van der Waals surface area contributed by atoms with Crippen LogP contribution in [0.2, 0.25) is 0 Å². The van der Waals surface area contributed by atoms with E-state index in [1.165, 1.54) is 6.26 Å². The van der Waals surface area contributed by atoms with Crippen molar-refractivity contribution in [2.75, 3.05) is 5.32 Å². The molecule has 2 aromatic heterocycles. The molecule has 5 N–H and O–H groups in total. The number of nitrogens with zero attached hydrogens (tertiary/aromatic N) is 2. The number of benzene rings is 2. The molecule has 0 saturated carbocycles. The molecule has 0 saturated heterocycles. The number of carbonyl (C=O) groups excluding carboxylic acids is 2. The van der Waals surface area contributed by atoms with Gasteiger partial charge in [0, 0.05) is 17.7 Å². The Morgan fingerprint density at radius 3 is 2.64 bits per heavy atom. The van der Waals surface area contributed by atoms with Gasteiger partial charge in [-0.2, -0.15) is 0 Å². The Morgan fingerprint density at radius 1 is 1.11 bits per heavy atom. The number of rotatable bonds is 6. The molecule has 5 heterocycles. The van der Waals surface area contributed by atoms with Gasteiger partial charge in [-0.1, -0.05) is 58.0 Å². The Morgan fingerprint density at radius 2 is 1.91 bits per heavy atom. The van der Waals surface area contributed by atoms with Gasteiger partial charge in [-0.3, -0.25) is 9.59 Å². The van der Waals surface area contributed by atoms with Gasteiger partial charge in [0.25, 0.3) is 0 Å². The van der Waals surface area contributed by atoms with E-state index in [0.29, 0.717) is 22.9 Å². The number of para-hydroxylation sites is 1. The molecular weight excluding hydrogens is 578 g/mol. The third-order valence-electron chi connectivity index (χ3n) is 8.87. The van der Waals surface area contributed by atoms with Crippen LogP contribution in [0.25, 0.3) is 11.6 Å². The Bertz CT molecular complexity index is 1800. The molecule has 12 heteroatoms. The van der Waals surface area contributed by atoms with E-state index >= 15 is 0 Å². The fraction of sp³-hybridized carbons (Fsp3) is 0.394. The minimum absolute atomic E-state index is 0.155. The standard InChI is InChI=1S/C33H35N5O7/c1-15(2)24-31-38-25(30-34-18(13-39)14-43-30)27(45-31)33-19-7-5-6-8-21(19)36-32(33)44-23-10-9-17(11-20(23)33)12-22(28(41)37-24)35-29(42)26(40)16(3)4/h5-11,14-16,22,24,26,32,36,39-40H,12-13H2,1-4H3,(H,35,42)(H,37,41)/t22-,24-,26-,32?,33-/m0/s1. The van der Waals surface area contributed by atoms with Crippen molar-refractivity contribution in [3.63, 3.8) is 0 Å². The van der Waals surface area contributed by atoms with Gasteiger partial charge in [-0.25, -0.2) is 9.97 Å². The van der Waals surface area contributed by atoms with Crippen LogP contribution < -0.4 is 20.7 Å². The third kappa shape index (κ3) is 4.50. The van der Waals surface area contributed by atoms with Gasteiger partial charge >= 0.3 is 0 Å². The molecule has 45 heavy (non-hydrogen) atoms. The van der Waals surface area contributed by atoms with Crippen LogP contribution in [0.3, 0.4) is 0 Å². The second kappa shape index (κ2) is 10.7. The number of anilines is 1. The lowest BCUT2D eigenvalue weighted by Gasteiger charge is -2.29. The molecular formula is C33H35N5O7. The molecule has 7 rings (SSSR count). The van der Waals surface area contributed by atoms with Crippen LogP contribution in [0, 0.1) is 11.8 Å². The molecule has 3 aliphatic heterocycles. The minimum Gasteiger partial charge on any atom is -0.469 e. The van der Waals surface area contributed by atoms with Crippen LogP contribution in [-0.2, 0) is 28.0 Å². The van der Waals surface area contributed by atoms with Crippen LogP contribution in [0.1, 0.15) is 67.8 Å². The van der Waals surface area contributed by atoms with Crippen LogP contribution in [0.5, 0.6) is 5.75 Å². The molecule has 0 fully saturated rings. The Balaban J connectivity index is 1.48. The van der Waals surface area contributed by atoms with E-state index in [2.05, 4.69) is 20.9 Å². The largest absolute Gasteiger partial charge is 0.469 e. The maximum atomic E-state index is 13.9. The van der Waals surface area contributed by atoms with Gasteiger partial charge in [-0.05, 0) is 35.1 Å². The van der Waals surface area contributed by atoms with Gasteiger partial charge in [0.15, 0.2) is 17.7 Å². The molecule has 4 bridgehead atoms. The molecule has 4 aromatic rings. The van der Waals surface area contributed by atoms with Gasteiger partial charge in [0.2, 0.25) is 23.6 Å². The summed E-state index contributed by atoms with van der Waals surface area (Å²) in [5, 5.41) is 29.6. The fourth-order valence-electron chi connectivity index (χ4n) is 6.50. The number of amides is 2.